The van der Waals surface area contributed by atoms with Crippen LogP contribution < -0.4 is 5.32 Å². The molecular weight excluding hydrogens is 330 g/mol. The molecule has 24 heavy (non-hydrogen) atoms. The molecule has 1 aromatic heterocycles. The molecule has 128 valence electrons. The monoisotopic (exact) mass is 349 g/mol. The first-order valence-corrected chi connectivity index (χ1v) is 8.25. The average Bonchev–Trinajstić information content (AvgIpc) is 3.03. The lowest BCUT2D eigenvalue weighted by Gasteiger charge is -2.20. The van der Waals surface area contributed by atoms with Crippen molar-refractivity contribution >= 4 is 34.0 Å². The molecule has 2 aromatic rings. The number of nitrogens with one attached hydrogen (secondary N) is 1. The lowest BCUT2D eigenvalue weighted by Crippen LogP contribution is -2.35. The van der Waals surface area contributed by atoms with Crippen LogP contribution in [0.5, 0.6) is 0 Å². The minimum Gasteiger partial charge on any atom is -0.481 e. The highest BCUT2D eigenvalue weighted by Crippen LogP contribution is 2.21. The van der Waals surface area contributed by atoms with E-state index in [1.807, 2.05) is 30.3 Å². The van der Waals surface area contributed by atoms with E-state index in [2.05, 4.69) is 10.3 Å². The number of carboxylic acid groups (broad SMARTS) is 1. The molecule has 2 N–H and O–H groups in total. The van der Waals surface area contributed by atoms with Crippen molar-refractivity contribution in [1.29, 1.82) is 0 Å². The molecule has 1 amide bonds. The molecule has 7 nitrogen and oxygen atoms in total. The summed E-state index contributed by atoms with van der Waals surface area (Å²) in [5.41, 5.74) is 1.17. The first kappa shape index (κ1) is 17.9. The molecule has 0 bridgehead atoms. The number of hydrogen-bond acceptors (Lipinski definition) is 6. The average molecular weight is 349 g/mol. The zero-order chi connectivity index (χ0) is 17.4. The largest absolute Gasteiger partial charge is 0.481 e. The summed E-state index contributed by atoms with van der Waals surface area (Å²) >= 11 is 1.32. The predicted molar refractivity (Wildman–Crippen MR) is 91.9 cm³/mol. The second-order valence-corrected chi connectivity index (χ2v) is 5.82. The number of carbonyl (C=O) groups excluding carboxylic acids is 1. The van der Waals surface area contributed by atoms with E-state index in [1.54, 1.807) is 5.38 Å². The van der Waals surface area contributed by atoms with Crippen LogP contribution in [0.15, 0.2) is 35.7 Å². The number of ether oxygens (including phenoxy) is 1. The summed E-state index contributed by atoms with van der Waals surface area (Å²) in [5, 5.41) is 14.2. The van der Waals surface area contributed by atoms with Crippen LogP contribution in [0.3, 0.4) is 0 Å². The maximum atomic E-state index is 12.5. The van der Waals surface area contributed by atoms with Gasteiger partial charge in [0.1, 0.15) is 5.69 Å². The Bertz CT molecular complexity index is 675. The molecule has 1 heterocycles. The molecule has 0 saturated heterocycles. The van der Waals surface area contributed by atoms with E-state index in [0.29, 0.717) is 24.0 Å². The number of carbonyl (C=O) groups is 2. The quantitative estimate of drug-likeness (QED) is 0.722. The zero-order valence-corrected chi connectivity index (χ0v) is 14.1. The molecule has 0 saturated carbocycles. The van der Waals surface area contributed by atoms with Crippen molar-refractivity contribution in [2.24, 2.45) is 0 Å². The topological polar surface area (TPSA) is 91.8 Å². The Balaban J connectivity index is 2.04. The van der Waals surface area contributed by atoms with Crippen molar-refractivity contribution < 1.29 is 19.4 Å². The Morgan fingerprint density at radius 2 is 2.04 bits per heavy atom. The molecule has 0 radical (unpaired) electrons. The SMILES string of the molecule is COCCN(CCC(=O)O)C(=O)c1csc(Nc2ccccc2)n1. The molecule has 2 rings (SSSR count). The van der Waals surface area contributed by atoms with Gasteiger partial charge in [-0.1, -0.05) is 18.2 Å². The van der Waals surface area contributed by atoms with Crippen LogP contribution in [0.4, 0.5) is 10.8 Å². The zero-order valence-electron chi connectivity index (χ0n) is 13.3. The van der Waals surface area contributed by atoms with Crippen LogP contribution in [0.25, 0.3) is 0 Å². The lowest BCUT2D eigenvalue weighted by molar-refractivity contribution is -0.137. The molecule has 0 unspecified atom stereocenters. The molecule has 0 aliphatic heterocycles. The maximum Gasteiger partial charge on any atom is 0.305 e. The summed E-state index contributed by atoms with van der Waals surface area (Å²) in [5.74, 6) is -1.25. The van der Waals surface area contributed by atoms with Gasteiger partial charge in [0.25, 0.3) is 5.91 Å². The van der Waals surface area contributed by atoms with E-state index < -0.39 is 5.97 Å². The number of para-hydroxylation sites is 1. The van der Waals surface area contributed by atoms with Gasteiger partial charge in [-0.05, 0) is 12.1 Å². The summed E-state index contributed by atoms with van der Waals surface area (Å²) < 4.78 is 4.98. The Kier molecular flexibility index (Phi) is 6.71. The number of benzene rings is 1. The number of nitrogens with zero attached hydrogens (tertiary/aromatic N) is 2. The Hall–Kier alpha value is -2.45. The van der Waals surface area contributed by atoms with Crippen molar-refractivity contribution in [2.45, 2.75) is 6.42 Å². The molecule has 0 spiro atoms. The van der Waals surface area contributed by atoms with Crippen LogP contribution in [0, 0.1) is 0 Å². The van der Waals surface area contributed by atoms with Gasteiger partial charge in [0, 0.05) is 31.3 Å². The second kappa shape index (κ2) is 8.99. The second-order valence-electron chi connectivity index (χ2n) is 4.96. The van der Waals surface area contributed by atoms with Crippen LogP contribution >= 0.6 is 11.3 Å². The van der Waals surface area contributed by atoms with Crippen LogP contribution in [-0.4, -0.2) is 53.7 Å². The summed E-state index contributed by atoms with van der Waals surface area (Å²) in [7, 11) is 1.53. The van der Waals surface area contributed by atoms with E-state index in [1.165, 1.54) is 23.3 Å². The van der Waals surface area contributed by atoms with Crippen molar-refractivity contribution in [3.63, 3.8) is 0 Å². The fourth-order valence-electron chi connectivity index (χ4n) is 1.98. The van der Waals surface area contributed by atoms with Gasteiger partial charge in [0.15, 0.2) is 5.13 Å². The van der Waals surface area contributed by atoms with Gasteiger partial charge in [0.2, 0.25) is 0 Å². The van der Waals surface area contributed by atoms with E-state index in [0.717, 1.165) is 5.69 Å². The number of aliphatic carboxylic acids is 1. The smallest absolute Gasteiger partial charge is 0.305 e. The van der Waals surface area contributed by atoms with Crippen molar-refractivity contribution in [2.75, 3.05) is 32.1 Å². The Morgan fingerprint density at radius 1 is 1.29 bits per heavy atom. The molecular formula is C16H19N3O4S. The van der Waals surface area contributed by atoms with E-state index >= 15 is 0 Å². The summed E-state index contributed by atoms with van der Waals surface area (Å²) in [6.45, 7) is 0.780. The maximum absolute atomic E-state index is 12.5. The van der Waals surface area contributed by atoms with Gasteiger partial charge in [-0.15, -0.1) is 11.3 Å². The molecule has 0 atom stereocenters. The van der Waals surface area contributed by atoms with Crippen LogP contribution in [0.2, 0.25) is 0 Å². The summed E-state index contributed by atoms with van der Waals surface area (Å²) in [6.07, 6.45) is -0.116. The highest BCUT2D eigenvalue weighted by molar-refractivity contribution is 7.14. The van der Waals surface area contributed by atoms with Crippen molar-refractivity contribution in [3.05, 3.63) is 41.4 Å². The first-order valence-electron chi connectivity index (χ1n) is 7.37. The highest BCUT2D eigenvalue weighted by atomic mass is 32.1. The predicted octanol–water partition coefficient (Wildman–Crippen LogP) is 2.45. The number of carboxylic acids is 1. The highest BCUT2D eigenvalue weighted by Gasteiger charge is 2.19. The Labute approximate surface area is 143 Å². The molecule has 0 aliphatic rings. The van der Waals surface area contributed by atoms with Crippen LogP contribution in [-0.2, 0) is 9.53 Å². The number of aromatic nitrogens is 1. The standard InChI is InChI=1S/C16H19N3O4S/c1-23-10-9-19(8-7-14(20)21)15(22)13-11-24-16(18-13)17-12-5-3-2-4-6-12/h2-6,11H,7-10H2,1H3,(H,17,18)(H,20,21). The summed E-state index contributed by atoms with van der Waals surface area (Å²) in [4.78, 5) is 29.0. The number of anilines is 2. The number of hydrogen-bond donors (Lipinski definition) is 2. The third kappa shape index (κ3) is 5.32. The number of methoxy groups -OCH3 is 1. The van der Waals surface area contributed by atoms with Gasteiger partial charge in [-0.2, -0.15) is 0 Å². The fraction of sp³-hybridized carbons (Fsp3) is 0.312. The third-order valence-electron chi connectivity index (χ3n) is 3.20. The minimum atomic E-state index is -0.949. The lowest BCUT2D eigenvalue weighted by atomic mass is 10.3. The third-order valence-corrected chi connectivity index (χ3v) is 3.95. The fourth-order valence-corrected chi connectivity index (χ4v) is 2.69. The summed E-state index contributed by atoms with van der Waals surface area (Å²) in [6, 6.07) is 9.53. The van der Waals surface area contributed by atoms with Gasteiger partial charge >= 0.3 is 5.97 Å². The minimum absolute atomic E-state index is 0.116. The molecule has 0 aliphatic carbocycles. The normalized spacial score (nSPS) is 10.4. The molecule has 1 aromatic carbocycles. The van der Waals surface area contributed by atoms with Gasteiger partial charge in [-0.25, -0.2) is 4.98 Å². The number of thiazole rings is 1. The van der Waals surface area contributed by atoms with Gasteiger partial charge < -0.3 is 20.1 Å². The van der Waals surface area contributed by atoms with E-state index in [9.17, 15) is 9.59 Å². The van der Waals surface area contributed by atoms with Crippen LogP contribution in [0.1, 0.15) is 16.9 Å². The van der Waals surface area contributed by atoms with Crippen molar-refractivity contribution in [1.82, 2.24) is 9.88 Å². The van der Waals surface area contributed by atoms with E-state index in [-0.39, 0.29) is 18.9 Å². The van der Waals surface area contributed by atoms with Crippen molar-refractivity contribution in [3.8, 4) is 0 Å². The van der Waals surface area contributed by atoms with E-state index in [4.69, 9.17) is 9.84 Å². The molecule has 0 fully saturated rings. The Morgan fingerprint density at radius 3 is 2.71 bits per heavy atom. The van der Waals surface area contributed by atoms with Gasteiger partial charge in [-0.3, -0.25) is 9.59 Å². The molecule has 8 heteroatoms. The van der Waals surface area contributed by atoms with Gasteiger partial charge in [0.05, 0.1) is 13.0 Å². The number of amides is 1. The number of rotatable bonds is 9. The first-order chi connectivity index (χ1) is 11.6.